The van der Waals surface area contributed by atoms with Crippen LogP contribution < -0.4 is 5.32 Å². The van der Waals surface area contributed by atoms with Crippen LogP contribution in [0.2, 0.25) is 0 Å². The van der Waals surface area contributed by atoms with Gasteiger partial charge in [-0.05, 0) is 62.8 Å². The van der Waals surface area contributed by atoms with Crippen molar-refractivity contribution in [2.75, 3.05) is 19.8 Å². The van der Waals surface area contributed by atoms with Gasteiger partial charge in [-0.3, -0.25) is 0 Å². The summed E-state index contributed by atoms with van der Waals surface area (Å²) in [5, 5.41) is 3.66. The second-order valence-electron chi connectivity index (χ2n) is 5.53. The molecule has 0 spiro atoms. The monoisotopic (exact) mass is 247 g/mol. The van der Waals surface area contributed by atoms with Gasteiger partial charge in [0.05, 0.1) is 0 Å². The normalized spacial score (nSPS) is 18.8. The van der Waals surface area contributed by atoms with Crippen molar-refractivity contribution >= 4 is 0 Å². The Morgan fingerprint density at radius 2 is 1.94 bits per heavy atom. The summed E-state index contributed by atoms with van der Waals surface area (Å²) in [5.74, 6) is 0.785. The molecule has 1 saturated heterocycles. The van der Waals surface area contributed by atoms with Crippen LogP contribution >= 0.6 is 0 Å². The van der Waals surface area contributed by atoms with E-state index in [2.05, 4.69) is 44.3 Å². The molecule has 100 valence electrons. The molecule has 0 aromatic heterocycles. The van der Waals surface area contributed by atoms with E-state index >= 15 is 0 Å². The van der Waals surface area contributed by atoms with Gasteiger partial charge in [-0.15, -0.1) is 0 Å². The summed E-state index contributed by atoms with van der Waals surface area (Å²) in [6.45, 7) is 9.58. The average Bonchev–Trinajstić information content (AvgIpc) is 2.40. The summed E-state index contributed by atoms with van der Waals surface area (Å²) in [5.41, 5.74) is 4.15. The van der Waals surface area contributed by atoms with Crippen LogP contribution in [0.25, 0.3) is 0 Å². The van der Waals surface area contributed by atoms with Gasteiger partial charge in [-0.25, -0.2) is 0 Å². The van der Waals surface area contributed by atoms with E-state index in [1.165, 1.54) is 29.5 Å². The van der Waals surface area contributed by atoms with Crippen LogP contribution in [0.4, 0.5) is 0 Å². The lowest BCUT2D eigenvalue weighted by Crippen LogP contribution is -2.29. The summed E-state index contributed by atoms with van der Waals surface area (Å²) in [7, 11) is 0. The molecular formula is C16H25NO. The topological polar surface area (TPSA) is 21.3 Å². The maximum Gasteiger partial charge on any atom is 0.0469 e. The first kappa shape index (κ1) is 13.6. The Morgan fingerprint density at radius 1 is 1.22 bits per heavy atom. The van der Waals surface area contributed by atoms with E-state index in [4.69, 9.17) is 4.74 Å². The lowest BCUT2D eigenvalue weighted by Gasteiger charge is -2.24. The zero-order chi connectivity index (χ0) is 13.0. The molecular weight excluding hydrogens is 222 g/mol. The summed E-state index contributed by atoms with van der Waals surface area (Å²) in [6, 6.07) is 7.20. The maximum absolute atomic E-state index is 5.39. The molecule has 2 heteroatoms. The molecule has 0 radical (unpaired) electrons. The van der Waals surface area contributed by atoms with Gasteiger partial charge in [-0.2, -0.15) is 0 Å². The summed E-state index contributed by atoms with van der Waals surface area (Å²) >= 11 is 0. The molecule has 1 unspecified atom stereocenters. The van der Waals surface area contributed by atoms with E-state index < -0.39 is 0 Å². The lowest BCUT2D eigenvalue weighted by atomic mass is 9.98. The number of ether oxygens (including phenoxy) is 1. The fraction of sp³-hybridized carbons (Fsp3) is 0.625. The van der Waals surface area contributed by atoms with Crippen LogP contribution in [0, 0.1) is 19.8 Å². The number of hydrogen-bond acceptors (Lipinski definition) is 2. The highest BCUT2D eigenvalue weighted by molar-refractivity contribution is 5.31. The Kier molecular flexibility index (Phi) is 4.79. The van der Waals surface area contributed by atoms with Crippen molar-refractivity contribution in [3.8, 4) is 0 Å². The minimum atomic E-state index is 0.437. The van der Waals surface area contributed by atoms with Gasteiger partial charge >= 0.3 is 0 Å². The van der Waals surface area contributed by atoms with E-state index in [0.717, 1.165) is 25.7 Å². The minimum absolute atomic E-state index is 0.437. The van der Waals surface area contributed by atoms with Crippen LogP contribution in [0.5, 0.6) is 0 Å². The molecule has 1 N–H and O–H groups in total. The molecule has 0 amide bonds. The quantitative estimate of drug-likeness (QED) is 0.880. The van der Waals surface area contributed by atoms with E-state index in [0.29, 0.717) is 6.04 Å². The fourth-order valence-corrected chi connectivity index (χ4v) is 2.45. The highest BCUT2D eigenvalue weighted by Gasteiger charge is 2.15. The Bertz CT molecular complexity index is 383. The first-order valence-corrected chi connectivity index (χ1v) is 7.05. The van der Waals surface area contributed by atoms with Crippen molar-refractivity contribution in [1.29, 1.82) is 0 Å². The number of benzene rings is 1. The second kappa shape index (κ2) is 6.35. The van der Waals surface area contributed by atoms with Gasteiger partial charge in [0, 0.05) is 19.3 Å². The summed E-state index contributed by atoms with van der Waals surface area (Å²) < 4.78 is 5.39. The third kappa shape index (κ3) is 3.56. The Hall–Kier alpha value is -0.860. The predicted molar refractivity (Wildman–Crippen MR) is 75.9 cm³/mol. The van der Waals surface area contributed by atoms with Gasteiger partial charge in [0.15, 0.2) is 0 Å². The van der Waals surface area contributed by atoms with Crippen molar-refractivity contribution in [3.63, 3.8) is 0 Å². The molecule has 18 heavy (non-hydrogen) atoms. The lowest BCUT2D eigenvalue weighted by molar-refractivity contribution is 0.0656. The molecule has 1 atom stereocenters. The smallest absolute Gasteiger partial charge is 0.0469 e. The molecule has 1 fully saturated rings. The Morgan fingerprint density at radius 3 is 2.61 bits per heavy atom. The van der Waals surface area contributed by atoms with Gasteiger partial charge in [0.1, 0.15) is 0 Å². The molecule has 2 nitrogen and oxygen atoms in total. The highest BCUT2D eigenvalue weighted by Crippen LogP contribution is 2.19. The van der Waals surface area contributed by atoms with E-state index in [9.17, 15) is 0 Å². The number of nitrogens with one attached hydrogen (secondary N) is 1. The molecule has 1 aliphatic heterocycles. The van der Waals surface area contributed by atoms with Crippen LogP contribution in [-0.2, 0) is 4.74 Å². The Labute approximate surface area is 111 Å². The molecule has 1 aromatic rings. The van der Waals surface area contributed by atoms with E-state index in [1.54, 1.807) is 0 Å². The van der Waals surface area contributed by atoms with Crippen molar-refractivity contribution in [2.24, 2.45) is 5.92 Å². The van der Waals surface area contributed by atoms with Crippen molar-refractivity contribution in [2.45, 2.75) is 39.7 Å². The SMILES string of the molecule is Cc1ccc(C(C)NCC2CCOCC2)cc1C. The zero-order valence-corrected chi connectivity index (χ0v) is 11.8. The van der Waals surface area contributed by atoms with Gasteiger partial charge < -0.3 is 10.1 Å². The fourth-order valence-electron chi connectivity index (χ4n) is 2.45. The van der Waals surface area contributed by atoms with Crippen LogP contribution in [0.3, 0.4) is 0 Å². The van der Waals surface area contributed by atoms with Crippen molar-refractivity contribution in [1.82, 2.24) is 5.32 Å². The molecule has 2 rings (SSSR count). The molecule has 0 aliphatic carbocycles. The average molecular weight is 247 g/mol. The van der Waals surface area contributed by atoms with Gasteiger partial charge in [-0.1, -0.05) is 18.2 Å². The number of rotatable bonds is 4. The van der Waals surface area contributed by atoms with Crippen LogP contribution in [-0.4, -0.2) is 19.8 Å². The van der Waals surface area contributed by atoms with Gasteiger partial charge in [0.25, 0.3) is 0 Å². The third-order valence-corrected chi connectivity index (χ3v) is 4.08. The summed E-state index contributed by atoms with van der Waals surface area (Å²) in [6.07, 6.45) is 2.40. The Balaban J connectivity index is 1.86. The zero-order valence-electron chi connectivity index (χ0n) is 11.8. The molecule has 0 saturated carbocycles. The van der Waals surface area contributed by atoms with Gasteiger partial charge in [0.2, 0.25) is 0 Å². The minimum Gasteiger partial charge on any atom is -0.381 e. The highest BCUT2D eigenvalue weighted by atomic mass is 16.5. The largest absolute Gasteiger partial charge is 0.381 e. The second-order valence-corrected chi connectivity index (χ2v) is 5.53. The predicted octanol–water partition coefficient (Wildman–Crippen LogP) is 3.38. The van der Waals surface area contributed by atoms with E-state index in [-0.39, 0.29) is 0 Å². The maximum atomic E-state index is 5.39. The van der Waals surface area contributed by atoms with Crippen molar-refractivity contribution < 1.29 is 4.74 Å². The first-order chi connectivity index (χ1) is 8.66. The standard InChI is InChI=1S/C16H25NO/c1-12-4-5-16(10-13(12)2)14(3)17-11-15-6-8-18-9-7-15/h4-5,10,14-15,17H,6-9,11H2,1-3H3. The van der Waals surface area contributed by atoms with Crippen LogP contribution in [0.1, 0.15) is 42.5 Å². The number of aryl methyl sites for hydroxylation is 2. The van der Waals surface area contributed by atoms with Crippen LogP contribution in [0.15, 0.2) is 18.2 Å². The molecule has 1 aliphatic rings. The summed E-state index contributed by atoms with van der Waals surface area (Å²) in [4.78, 5) is 0. The third-order valence-electron chi connectivity index (χ3n) is 4.08. The molecule has 0 bridgehead atoms. The van der Waals surface area contributed by atoms with Crippen molar-refractivity contribution in [3.05, 3.63) is 34.9 Å². The molecule has 1 aromatic carbocycles. The number of hydrogen-bond donors (Lipinski definition) is 1. The first-order valence-electron chi connectivity index (χ1n) is 7.05. The van der Waals surface area contributed by atoms with E-state index in [1.807, 2.05) is 0 Å². The molecule has 1 heterocycles.